The zero-order valence-electron chi connectivity index (χ0n) is 12.5. The molecule has 0 spiro atoms. The van der Waals surface area contributed by atoms with Crippen LogP contribution in [-0.4, -0.2) is 68.1 Å². The number of pyridine rings is 1. The minimum Gasteiger partial charge on any atom is -0.490 e. The predicted molar refractivity (Wildman–Crippen MR) is 80.1 cm³/mol. The van der Waals surface area contributed by atoms with E-state index in [2.05, 4.69) is 25.1 Å². The van der Waals surface area contributed by atoms with E-state index in [1.807, 2.05) is 27.2 Å². The molecule has 2 heterocycles. The van der Waals surface area contributed by atoms with E-state index in [4.69, 9.17) is 4.74 Å². The number of guanidine groups is 1. The molecule has 110 valence electrons. The second-order valence-electron chi connectivity index (χ2n) is 5.12. The monoisotopic (exact) mass is 277 g/mol. The fourth-order valence-corrected chi connectivity index (χ4v) is 1.92. The molecule has 0 aromatic carbocycles. The lowest BCUT2D eigenvalue weighted by atomic mass is 10.2. The molecule has 1 aromatic heterocycles. The summed E-state index contributed by atoms with van der Waals surface area (Å²) in [5.41, 5.74) is 1.10. The van der Waals surface area contributed by atoms with Crippen molar-refractivity contribution in [3.05, 3.63) is 24.0 Å². The Hall–Kier alpha value is -1.82. The Morgan fingerprint density at radius 1 is 1.45 bits per heavy atom. The van der Waals surface area contributed by atoms with E-state index in [0.29, 0.717) is 13.2 Å². The quantitative estimate of drug-likeness (QED) is 0.816. The van der Waals surface area contributed by atoms with E-state index in [9.17, 15) is 0 Å². The third-order valence-electron chi connectivity index (χ3n) is 3.16. The van der Waals surface area contributed by atoms with Gasteiger partial charge in [0.15, 0.2) is 5.96 Å². The van der Waals surface area contributed by atoms with E-state index in [1.165, 1.54) is 0 Å². The SMILES string of the molecule is CN(C)CCOc1cnccc1CNC1=NCCN1C. The van der Waals surface area contributed by atoms with Crippen LogP contribution in [-0.2, 0) is 6.54 Å². The number of nitrogens with zero attached hydrogens (tertiary/aromatic N) is 4. The molecule has 1 aliphatic rings. The van der Waals surface area contributed by atoms with Gasteiger partial charge in [-0.25, -0.2) is 0 Å². The van der Waals surface area contributed by atoms with Gasteiger partial charge < -0.3 is 19.9 Å². The first-order valence-corrected chi connectivity index (χ1v) is 6.86. The van der Waals surface area contributed by atoms with Crippen LogP contribution in [0.1, 0.15) is 5.56 Å². The summed E-state index contributed by atoms with van der Waals surface area (Å²) in [6, 6.07) is 1.98. The third-order valence-corrected chi connectivity index (χ3v) is 3.16. The molecule has 1 N–H and O–H groups in total. The maximum absolute atomic E-state index is 5.79. The van der Waals surface area contributed by atoms with E-state index in [1.54, 1.807) is 12.4 Å². The first-order valence-electron chi connectivity index (χ1n) is 6.86. The summed E-state index contributed by atoms with van der Waals surface area (Å²) in [5.74, 6) is 1.78. The van der Waals surface area contributed by atoms with Crippen molar-refractivity contribution in [3.8, 4) is 5.75 Å². The van der Waals surface area contributed by atoms with Gasteiger partial charge in [-0.1, -0.05) is 0 Å². The summed E-state index contributed by atoms with van der Waals surface area (Å²) < 4.78 is 5.79. The molecular weight excluding hydrogens is 254 g/mol. The van der Waals surface area contributed by atoms with Crippen LogP contribution in [0.2, 0.25) is 0 Å². The zero-order valence-corrected chi connectivity index (χ0v) is 12.5. The second kappa shape index (κ2) is 7.09. The largest absolute Gasteiger partial charge is 0.490 e. The maximum Gasteiger partial charge on any atom is 0.194 e. The molecule has 2 rings (SSSR count). The average Bonchev–Trinajstić information content (AvgIpc) is 2.83. The van der Waals surface area contributed by atoms with Crippen LogP contribution in [0, 0.1) is 0 Å². The molecule has 0 unspecified atom stereocenters. The van der Waals surface area contributed by atoms with Gasteiger partial charge in [-0.15, -0.1) is 0 Å². The number of aromatic nitrogens is 1. The van der Waals surface area contributed by atoms with Gasteiger partial charge in [0, 0.05) is 38.4 Å². The number of rotatable bonds is 6. The Bertz CT molecular complexity index is 461. The van der Waals surface area contributed by atoms with Crippen LogP contribution in [0.3, 0.4) is 0 Å². The number of ether oxygens (including phenoxy) is 1. The smallest absolute Gasteiger partial charge is 0.194 e. The Balaban J connectivity index is 1.90. The molecular formula is C14H23N5O. The number of hydrogen-bond acceptors (Lipinski definition) is 6. The lowest BCUT2D eigenvalue weighted by molar-refractivity contribution is 0.258. The Morgan fingerprint density at radius 2 is 2.30 bits per heavy atom. The zero-order chi connectivity index (χ0) is 14.4. The predicted octanol–water partition coefficient (Wildman–Crippen LogP) is 0.413. The molecule has 0 aliphatic carbocycles. The van der Waals surface area contributed by atoms with Crippen molar-refractivity contribution in [1.29, 1.82) is 0 Å². The molecule has 0 saturated carbocycles. The van der Waals surface area contributed by atoms with Gasteiger partial charge in [-0.2, -0.15) is 0 Å². The highest BCUT2D eigenvalue weighted by Crippen LogP contribution is 2.16. The summed E-state index contributed by atoms with van der Waals surface area (Å²) in [6.45, 7) is 4.08. The van der Waals surface area contributed by atoms with Crippen LogP contribution in [0.5, 0.6) is 5.75 Å². The van der Waals surface area contributed by atoms with Crippen LogP contribution in [0.25, 0.3) is 0 Å². The molecule has 6 nitrogen and oxygen atoms in total. The fourth-order valence-electron chi connectivity index (χ4n) is 1.92. The number of nitrogens with one attached hydrogen (secondary N) is 1. The first-order chi connectivity index (χ1) is 9.66. The average molecular weight is 277 g/mol. The minimum absolute atomic E-state index is 0.659. The second-order valence-corrected chi connectivity index (χ2v) is 5.12. The van der Waals surface area contributed by atoms with Gasteiger partial charge in [0.1, 0.15) is 12.4 Å². The Morgan fingerprint density at radius 3 is 3.00 bits per heavy atom. The minimum atomic E-state index is 0.659. The van der Waals surface area contributed by atoms with Gasteiger partial charge in [-0.05, 0) is 20.2 Å². The van der Waals surface area contributed by atoms with Gasteiger partial charge >= 0.3 is 0 Å². The van der Waals surface area contributed by atoms with E-state index in [0.717, 1.165) is 36.9 Å². The maximum atomic E-state index is 5.79. The molecule has 0 atom stereocenters. The normalized spacial score (nSPS) is 14.6. The van der Waals surface area contributed by atoms with Crippen molar-refractivity contribution >= 4 is 5.96 Å². The number of likely N-dealkylation sites (N-methyl/N-ethyl adjacent to an activating group) is 2. The highest BCUT2D eigenvalue weighted by molar-refractivity contribution is 5.81. The number of hydrogen-bond donors (Lipinski definition) is 1. The first kappa shape index (κ1) is 14.6. The summed E-state index contributed by atoms with van der Waals surface area (Å²) in [5, 5.41) is 3.34. The molecule has 20 heavy (non-hydrogen) atoms. The van der Waals surface area contributed by atoms with Crippen LogP contribution in [0.4, 0.5) is 0 Å². The van der Waals surface area contributed by atoms with Crippen LogP contribution < -0.4 is 10.1 Å². The standard InChI is InChI=1S/C14H23N5O/c1-18(2)8-9-20-13-11-15-5-4-12(13)10-17-14-16-6-7-19(14)3/h4-5,11H,6-10H2,1-3H3,(H,16,17). The molecule has 0 bridgehead atoms. The van der Waals surface area contributed by atoms with Crippen molar-refractivity contribution in [3.63, 3.8) is 0 Å². The summed E-state index contributed by atoms with van der Waals surface area (Å²) in [6.07, 6.45) is 3.56. The molecule has 0 radical (unpaired) electrons. The molecule has 1 aliphatic heterocycles. The highest BCUT2D eigenvalue weighted by atomic mass is 16.5. The summed E-state index contributed by atoms with van der Waals surface area (Å²) in [4.78, 5) is 12.8. The molecule has 0 saturated heterocycles. The molecule has 6 heteroatoms. The van der Waals surface area contributed by atoms with Gasteiger partial charge in [0.05, 0.1) is 12.7 Å². The summed E-state index contributed by atoms with van der Waals surface area (Å²) in [7, 11) is 6.10. The number of aliphatic imine (C=N–C) groups is 1. The molecule has 1 aromatic rings. The van der Waals surface area contributed by atoms with Crippen LogP contribution >= 0.6 is 0 Å². The van der Waals surface area contributed by atoms with Gasteiger partial charge in [0.25, 0.3) is 0 Å². The van der Waals surface area contributed by atoms with Gasteiger partial charge in [-0.3, -0.25) is 9.98 Å². The van der Waals surface area contributed by atoms with Crippen molar-refractivity contribution in [1.82, 2.24) is 20.1 Å². The Labute approximate surface area is 120 Å². The molecule has 0 fully saturated rings. The Kier molecular flexibility index (Phi) is 5.17. The van der Waals surface area contributed by atoms with E-state index < -0.39 is 0 Å². The van der Waals surface area contributed by atoms with E-state index >= 15 is 0 Å². The third kappa shape index (κ3) is 4.09. The van der Waals surface area contributed by atoms with Crippen molar-refractivity contribution < 1.29 is 4.74 Å². The molecule has 0 amide bonds. The lowest BCUT2D eigenvalue weighted by Gasteiger charge is -2.17. The van der Waals surface area contributed by atoms with Crippen LogP contribution in [0.15, 0.2) is 23.5 Å². The topological polar surface area (TPSA) is 53.0 Å². The fraction of sp³-hybridized carbons (Fsp3) is 0.571. The van der Waals surface area contributed by atoms with Crippen molar-refractivity contribution in [2.45, 2.75) is 6.54 Å². The van der Waals surface area contributed by atoms with Gasteiger partial charge in [0.2, 0.25) is 0 Å². The highest BCUT2D eigenvalue weighted by Gasteiger charge is 2.12. The lowest BCUT2D eigenvalue weighted by Crippen LogP contribution is -2.35. The summed E-state index contributed by atoms with van der Waals surface area (Å²) >= 11 is 0. The van der Waals surface area contributed by atoms with E-state index in [-0.39, 0.29) is 0 Å². The van der Waals surface area contributed by atoms with Crippen molar-refractivity contribution in [2.75, 3.05) is 47.4 Å². The van der Waals surface area contributed by atoms with Crippen molar-refractivity contribution in [2.24, 2.45) is 4.99 Å².